The van der Waals surface area contributed by atoms with Crippen LogP contribution >= 0.6 is 0 Å². The van der Waals surface area contributed by atoms with Gasteiger partial charge in [0.2, 0.25) is 0 Å². The molecule has 0 fully saturated rings. The second-order valence-corrected chi connectivity index (χ2v) is 4.11. The fraction of sp³-hybridized carbons (Fsp3) is 0.417. The Morgan fingerprint density at radius 3 is 2.28 bits per heavy atom. The van der Waals surface area contributed by atoms with Gasteiger partial charge in [0, 0.05) is 13.1 Å². The van der Waals surface area contributed by atoms with E-state index in [0.717, 1.165) is 5.56 Å². The third kappa shape index (κ3) is 5.18. The molecule has 0 saturated heterocycles. The summed E-state index contributed by atoms with van der Waals surface area (Å²) >= 11 is 0. The van der Waals surface area contributed by atoms with Gasteiger partial charge < -0.3 is 10.0 Å². The van der Waals surface area contributed by atoms with E-state index in [1.54, 1.807) is 24.1 Å². The molecule has 0 bridgehead atoms. The van der Waals surface area contributed by atoms with Crippen LogP contribution in [0.1, 0.15) is 22.3 Å². The second kappa shape index (κ2) is 5.86. The number of hydrogen-bond acceptors (Lipinski definition) is 2. The number of rotatable bonds is 5. The van der Waals surface area contributed by atoms with Crippen LogP contribution in [0.2, 0.25) is 0 Å². The highest BCUT2D eigenvalue weighted by Gasteiger charge is 2.26. The summed E-state index contributed by atoms with van der Waals surface area (Å²) in [6.45, 7) is 0.278. The number of benzene rings is 1. The zero-order valence-corrected chi connectivity index (χ0v) is 9.87. The molecule has 0 aliphatic heterocycles. The van der Waals surface area contributed by atoms with Gasteiger partial charge in [0.05, 0.1) is 12.0 Å². The fourth-order valence-corrected chi connectivity index (χ4v) is 1.46. The minimum absolute atomic E-state index is 0.0792. The highest BCUT2D eigenvalue weighted by molar-refractivity contribution is 5.87. The second-order valence-electron chi connectivity index (χ2n) is 4.11. The van der Waals surface area contributed by atoms with Gasteiger partial charge in [-0.3, -0.25) is 0 Å². The van der Waals surface area contributed by atoms with Crippen LogP contribution in [0.15, 0.2) is 24.3 Å². The number of alkyl halides is 3. The first-order chi connectivity index (χ1) is 8.28. The van der Waals surface area contributed by atoms with Crippen molar-refractivity contribution >= 4 is 5.97 Å². The summed E-state index contributed by atoms with van der Waals surface area (Å²) in [6, 6.07) is 6.09. The van der Waals surface area contributed by atoms with E-state index in [2.05, 4.69) is 0 Å². The number of carbonyl (C=O) groups is 1. The summed E-state index contributed by atoms with van der Waals surface area (Å²) < 4.78 is 36.0. The van der Waals surface area contributed by atoms with Crippen molar-refractivity contribution in [3.63, 3.8) is 0 Å². The quantitative estimate of drug-likeness (QED) is 0.886. The standard InChI is InChI=1S/C12H14F3NO2/c1-16(7-6-12(13,14)15)8-9-2-4-10(5-3-9)11(17)18/h2-5H,6-8H2,1H3,(H,17,18). The average molecular weight is 261 g/mol. The van der Waals surface area contributed by atoms with Crippen LogP contribution < -0.4 is 0 Å². The van der Waals surface area contributed by atoms with Crippen LogP contribution in [-0.4, -0.2) is 35.7 Å². The maximum Gasteiger partial charge on any atom is 0.390 e. The average Bonchev–Trinajstić information content (AvgIpc) is 2.26. The minimum atomic E-state index is -4.15. The Kier molecular flexibility index (Phi) is 4.72. The number of carboxylic acid groups (broad SMARTS) is 1. The maximum atomic E-state index is 12.0. The van der Waals surface area contributed by atoms with Crippen molar-refractivity contribution in [1.29, 1.82) is 0 Å². The Morgan fingerprint density at radius 1 is 1.28 bits per heavy atom. The Bertz CT molecular complexity index is 401. The van der Waals surface area contributed by atoms with E-state index in [0.29, 0.717) is 6.54 Å². The third-order valence-corrected chi connectivity index (χ3v) is 2.43. The lowest BCUT2D eigenvalue weighted by atomic mass is 10.1. The number of carboxylic acids is 1. The van der Waals surface area contributed by atoms with Gasteiger partial charge >= 0.3 is 12.1 Å². The number of hydrogen-bond donors (Lipinski definition) is 1. The molecule has 1 N–H and O–H groups in total. The Labute approximate surface area is 103 Å². The van der Waals surface area contributed by atoms with Gasteiger partial charge in [-0.25, -0.2) is 4.79 Å². The summed E-state index contributed by atoms with van der Waals surface area (Å²) in [6.07, 6.45) is -5.00. The molecule has 100 valence electrons. The Balaban J connectivity index is 2.49. The molecule has 1 aromatic carbocycles. The van der Waals surface area contributed by atoms with Gasteiger partial charge in [-0.2, -0.15) is 13.2 Å². The van der Waals surface area contributed by atoms with Gasteiger partial charge in [-0.05, 0) is 24.7 Å². The SMILES string of the molecule is CN(CCC(F)(F)F)Cc1ccc(C(=O)O)cc1. The van der Waals surface area contributed by atoms with Gasteiger partial charge in [-0.15, -0.1) is 0 Å². The molecular formula is C12H14F3NO2. The van der Waals surface area contributed by atoms with Crippen LogP contribution in [0, 0.1) is 0 Å². The maximum absolute atomic E-state index is 12.0. The molecule has 0 amide bonds. The molecule has 18 heavy (non-hydrogen) atoms. The smallest absolute Gasteiger partial charge is 0.390 e. The molecule has 0 aliphatic carbocycles. The largest absolute Gasteiger partial charge is 0.478 e. The van der Waals surface area contributed by atoms with Crippen LogP contribution in [0.25, 0.3) is 0 Å². The van der Waals surface area contributed by atoms with Crippen molar-refractivity contribution in [2.24, 2.45) is 0 Å². The predicted octanol–water partition coefficient (Wildman–Crippen LogP) is 2.77. The van der Waals surface area contributed by atoms with Crippen molar-refractivity contribution in [2.75, 3.05) is 13.6 Å². The van der Waals surface area contributed by atoms with Crippen LogP contribution in [-0.2, 0) is 6.54 Å². The lowest BCUT2D eigenvalue weighted by Gasteiger charge is -2.17. The summed E-state index contributed by atoms with van der Waals surface area (Å²) in [5, 5.41) is 8.70. The van der Waals surface area contributed by atoms with E-state index in [4.69, 9.17) is 5.11 Å². The summed E-state index contributed by atoms with van der Waals surface area (Å²) in [5.41, 5.74) is 0.946. The van der Waals surface area contributed by atoms with Gasteiger partial charge in [0.1, 0.15) is 0 Å². The van der Waals surface area contributed by atoms with E-state index in [-0.39, 0.29) is 12.1 Å². The third-order valence-electron chi connectivity index (χ3n) is 2.43. The topological polar surface area (TPSA) is 40.5 Å². The first-order valence-electron chi connectivity index (χ1n) is 5.35. The minimum Gasteiger partial charge on any atom is -0.478 e. The lowest BCUT2D eigenvalue weighted by Crippen LogP contribution is -2.24. The van der Waals surface area contributed by atoms with E-state index in [1.807, 2.05) is 0 Å². The van der Waals surface area contributed by atoms with E-state index in [1.165, 1.54) is 12.1 Å². The van der Waals surface area contributed by atoms with E-state index in [9.17, 15) is 18.0 Å². The van der Waals surface area contributed by atoms with Crippen molar-refractivity contribution in [3.05, 3.63) is 35.4 Å². The monoisotopic (exact) mass is 261 g/mol. The molecule has 0 aliphatic rings. The zero-order valence-electron chi connectivity index (χ0n) is 9.87. The number of nitrogens with zero attached hydrogens (tertiary/aromatic N) is 1. The summed E-state index contributed by atoms with van der Waals surface area (Å²) in [7, 11) is 1.59. The highest BCUT2D eigenvalue weighted by atomic mass is 19.4. The Hall–Kier alpha value is -1.56. The molecule has 0 unspecified atom stereocenters. The number of halogens is 3. The first-order valence-corrected chi connectivity index (χ1v) is 5.35. The summed E-state index contributed by atoms with van der Waals surface area (Å²) in [4.78, 5) is 12.2. The van der Waals surface area contributed by atoms with Crippen molar-refractivity contribution < 1.29 is 23.1 Å². The zero-order chi connectivity index (χ0) is 13.8. The summed E-state index contributed by atoms with van der Waals surface area (Å²) in [5.74, 6) is -1.02. The molecule has 3 nitrogen and oxygen atoms in total. The molecule has 0 spiro atoms. The van der Waals surface area contributed by atoms with Gasteiger partial charge in [0.25, 0.3) is 0 Å². The molecule has 0 heterocycles. The van der Waals surface area contributed by atoms with Crippen LogP contribution in [0.3, 0.4) is 0 Å². The van der Waals surface area contributed by atoms with E-state index >= 15 is 0 Å². The van der Waals surface area contributed by atoms with Gasteiger partial charge in [-0.1, -0.05) is 12.1 Å². The lowest BCUT2D eigenvalue weighted by molar-refractivity contribution is -0.137. The molecule has 0 saturated carbocycles. The first kappa shape index (κ1) is 14.5. The van der Waals surface area contributed by atoms with Crippen molar-refractivity contribution in [3.8, 4) is 0 Å². The molecule has 0 radical (unpaired) electrons. The predicted molar refractivity (Wildman–Crippen MR) is 60.4 cm³/mol. The number of aromatic carboxylic acids is 1. The molecular weight excluding hydrogens is 247 g/mol. The normalized spacial score (nSPS) is 11.8. The molecule has 1 aromatic rings. The van der Waals surface area contributed by atoms with Crippen molar-refractivity contribution in [2.45, 2.75) is 19.1 Å². The fourth-order valence-electron chi connectivity index (χ4n) is 1.46. The van der Waals surface area contributed by atoms with Gasteiger partial charge in [0.15, 0.2) is 0 Å². The van der Waals surface area contributed by atoms with Crippen LogP contribution in [0.5, 0.6) is 0 Å². The molecule has 0 atom stereocenters. The molecule has 6 heteroatoms. The van der Waals surface area contributed by atoms with Crippen molar-refractivity contribution in [1.82, 2.24) is 4.90 Å². The van der Waals surface area contributed by atoms with Crippen LogP contribution in [0.4, 0.5) is 13.2 Å². The Morgan fingerprint density at radius 2 is 1.83 bits per heavy atom. The molecule has 1 rings (SSSR count). The highest BCUT2D eigenvalue weighted by Crippen LogP contribution is 2.19. The van der Waals surface area contributed by atoms with E-state index < -0.39 is 18.6 Å². The molecule has 0 aromatic heterocycles.